The SMILES string of the molecule is COCc1ccccc1.NC=O.OCCC1CCCO1. The van der Waals surface area contributed by atoms with Crippen molar-refractivity contribution in [1.82, 2.24) is 0 Å². The maximum Gasteiger partial charge on any atom is 0.204 e. The molecule has 0 bridgehead atoms. The molecule has 0 radical (unpaired) electrons. The van der Waals surface area contributed by atoms with E-state index in [1.165, 1.54) is 12.0 Å². The highest BCUT2D eigenvalue weighted by molar-refractivity contribution is 5.42. The molecule has 20 heavy (non-hydrogen) atoms. The van der Waals surface area contributed by atoms with Crippen LogP contribution in [0.2, 0.25) is 0 Å². The number of ether oxygens (including phenoxy) is 2. The maximum absolute atomic E-state index is 8.58. The molecule has 3 N–H and O–H groups in total. The van der Waals surface area contributed by atoms with Crippen molar-refractivity contribution in [3.05, 3.63) is 35.9 Å². The summed E-state index contributed by atoms with van der Waals surface area (Å²) in [5.74, 6) is 0. The zero-order chi connectivity index (χ0) is 15.1. The highest BCUT2D eigenvalue weighted by Gasteiger charge is 2.13. The first kappa shape index (κ1) is 18.6. The molecule has 0 saturated carbocycles. The molecular weight excluding hydrogens is 258 g/mol. The number of aliphatic hydroxyl groups is 1. The molecule has 5 nitrogen and oxygen atoms in total. The summed E-state index contributed by atoms with van der Waals surface area (Å²) in [4.78, 5) is 8.58. The van der Waals surface area contributed by atoms with Gasteiger partial charge in [-0.1, -0.05) is 30.3 Å². The van der Waals surface area contributed by atoms with Gasteiger partial charge in [0.25, 0.3) is 0 Å². The summed E-state index contributed by atoms with van der Waals surface area (Å²) < 4.78 is 10.2. The van der Waals surface area contributed by atoms with Crippen LogP contribution in [0, 0.1) is 0 Å². The molecule has 1 unspecified atom stereocenters. The Morgan fingerprint density at radius 3 is 2.55 bits per heavy atom. The minimum absolute atomic E-state index is 0.250. The highest BCUT2D eigenvalue weighted by Crippen LogP contribution is 2.13. The lowest BCUT2D eigenvalue weighted by Gasteiger charge is -2.03. The van der Waals surface area contributed by atoms with E-state index in [0.29, 0.717) is 12.7 Å². The van der Waals surface area contributed by atoms with Crippen molar-refractivity contribution in [2.45, 2.75) is 32.0 Å². The molecule has 2 rings (SSSR count). The fourth-order valence-corrected chi connectivity index (χ4v) is 1.76. The Morgan fingerprint density at radius 2 is 2.10 bits per heavy atom. The fourth-order valence-electron chi connectivity index (χ4n) is 1.76. The number of hydrogen-bond donors (Lipinski definition) is 2. The summed E-state index contributed by atoms with van der Waals surface area (Å²) in [5.41, 5.74) is 5.39. The minimum atomic E-state index is 0.250. The second kappa shape index (κ2) is 14.0. The Bertz CT molecular complexity index is 313. The molecule has 1 heterocycles. The Kier molecular flexibility index (Phi) is 13.0. The van der Waals surface area contributed by atoms with Crippen LogP contribution in [0.1, 0.15) is 24.8 Å². The number of carbonyl (C=O) groups excluding carboxylic acids is 1. The second-order valence-electron chi connectivity index (χ2n) is 4.20. The number of carbonyl (C=O) groups is 1. The van der Waals surface area contributed by atoms with Gasteiger partial charge in [-0.2, -0.15) is 0 Å². The van der Waals surface area contributed by atoms with Crippen LogP contribution in [0.4, 0.5) is 0 Å². The molecule has 0 aliphatic carbocycles. The number of rotatable bonds is 4. The van der Waals surface area contributed by atoms with E-state index in [2.05, 4.69) is 5.73 Å². The van der Waals surface area contributed by atoms with E-state index in [-0.39, 0.29) is 13.0 Å². The van der Waals surface area contributed by atoms with Crippen molar-refractivity contribution in [1.29, 1.82) is 0 Å². The van der Waals surface area contributed by atoms with Gasteiger partial charge in [-0.15, -0.1) is 0 Å². The van der Waals surface area contributed by atoms with Crippen molar-refractivity contribution in [2.75, 3.05) is 20.3 Å². The molecule has 1 aliphatic heterocycles. The van der Waals surface area contributed by atoms with E-state index in [4.69, 9.17) is 19.4 Å². The summed E-state index contributed by atoms with van der Waals surface area (Å²) in [6.45, 7) is 1.87. The zero-order valence-electron chi connectivity index (χ0n) is 12.0. The number of benzene rings is 1. The summed E-state index contributed by atoms with van der Waals surface area (Å²) in [7, 11) is 1.70. The lowest BCUT2D eigenvalue weighted by atomic mass is 10.2. The molecule has 0 aromatic heterocycles. The van der Waals surface area contributed by atoms with E-state index < -0.39 is 0 Å². The fraction of sp³-hybridized carbons (Fsp3) is 0.533. The van der Waals surface area contributed by atoms with Crippen LogP contribution in [0.3, 0.4) is 0 Å². The summed E-state index contributed by atoms with van der Waals surface area (Å²) in [5, 5.41) is 8.45. The Hall–Kier alpha value is -1.43. The van der Waals surface area contributed by atoms with E-state index in [1.54, 1.807) is 7.11 Å². The van der Waals surface area contributed by atoms with Crippen LogP contribution in [-0.4, -0.2) is 37.9 Å². The molecule has 5 heteroatoms. The smallest absolute Gasteiger partial charge is 0.204 e. The predicted molar refractivity (Wildman–Crippen MR) is 78.1 cm³/mol. The first-order valence-electron chi connectivity index (χ1n) is 6.69. The molecule has 1 amide bonds. The van der Waals surface area contributed by atoms with Gasteiger partial charge in [-0.25, -0.2) is 0 Å². The first-order valence-corrected chi connectivity index (χ1v) is 6.69. The first-order chi connectivity index (χ1) is 9.78. The number of aliphatic hydroxyl groups excluding tert-OH is 1. The van der Waals surface area contributed by atoms with Gasteiger partial charge in [0.2, 0.25) is 6.41 Å². The van der Waals surface area contributed by atoms with Crippen molar-refractivity contribution in [2.24, 2.45) is 5.73 Å². The van der Waals surface area contributed by atoms with E-state index in [1.807, 2.05) is 30.3 Å². The molecule has 0 spiro atoms. The average Bonchev–Trinajstić information content (AvgIpc) is 2.96. The summed E-state index contributed by atoms with van der Waals surface area (Å²) in [6, 6.07) is 10.1. The molecule has 1 aromatic rings. The normalized spacial score (nSPS) is 16.4. The van der Waals surface area contributed by atoms with Gasteiger partial charge >= 0.3 is 0 Å². The largest absolute Gasteiger partial charge is 0.396 e. The highest BCUT2D eigenvalue weighted by atomic mass is 16.5. The van der Waals surface area contributed by atoms with E-state index >= 15 is 0 Å². The summed E-state index contributed by atoms with van der Waals surface area (Å²) in [6.07, 6.45) is 3.74. The number of hydrogen-bond acceptors (Lipinski definition) is 4. The van der Waals surface area contributed by atoms with Crippen LogP contribution in [-0.2, 0) is 20.9 Å². The quantitative estimate of drug-likeness (QED) is 0.820. The third kappa shape index (κ3) is 10.5. The van der Waals surface area contributed by atoms with E-state index in [9.17, 15) is 0 Å². The monoisotopic (exact) mass is 283 g/mol. The van der Waals surface area contributed by atoms with Crippen LogP contribution in [0.5, 0.6) is 0 Å². The van der Waals surface area contributed by atoms with Crippen LogP contribution in [0.15, 0.2) is 30.3 Å². The Labute approximate surface area is 120 Å². The Balaban J connectivity index is 0.000000304. The predicted octanol–water partition coefficient (Wildman–Crippen LogP) is 1.48. The lowest BCUT2D eigenvalue weighted by molar-refractivity contribution is -0.106. The molecular formula is C15H25NO4. The molecule has 1 aliphatic rings. The number of methoxy groups -OCH3 is 1. The number of primary amides is 1. The van der Waals surface area contributed by atoms with Crippen LogP contribution in [0.25, 0.3) is 0 Å². The van der Waals surface area contributed by atoms with Gasteiger partial charge in [-0.05, 0) is 24.8 Å². The van der Waals surface area contributed by atoms with Crippen LogP contribution < -0.4 is 5.73 Å². The maximum atomic E-state index is 8.58. The van der Waals surface area contributed by atoms with Gasteiger partial charge in [0.05, 0.1) is 12.7 Å². The summed E-state index contributed by atoms with van der Waals surface area (Å²) >= 11 is 0. The van der Waals surface area contributed by atoms with Gasteiger partial charge in [0.1, 0.15) is 0 Å². The third-order valence-electron chi connectivity index (χ3n) is 2.63. The zero-order valence-corrected chi connectivity index (χ0v) is 12.0. The van der Waals surface area contributed by atoms with Gasteiger partial charge in [0.15, 0.2) is 0 Å². The molecule has 1 aromatic carbocycles. The average molecular weight is 283 g/mol. The van der Waals surface area contributed by atoms with E-state index in [0.717, 1.165) is 19.4 Å². The second-order valence-corrected chi connectivity index (χ2v) is 4.20. The van der Waals surface area contributed by atoms with Crippen molar-refractivity contribution < 1.29 is 19.4 Å². The standard InChI is InChI=1S/C8H10O.C6H12O2.CH3NO/c1-9-7-8-5-3-2-4-6-8;7-4-3-6-2-1-5-8-6;2-1-3/h2-6H,7H2,1H3;6-7H,1-5H2;1H,(H2,2,3). The molecule has 114 valence electrons. The Morgan fingerprint density at radius 1 is 1.45 bits per heavy atom. The van der Waals surface area contributed by atoms with Crippen molar-refractivity contribution in [3.63, 3.8) is 0 Å². The minimum Gasteiger partial charge on any atom is -0.396 e. The topological polar surface area (TPSA) is 81.8 Å². The molecule has 1 atom stereocenters. The lowest BCUT2D eigenvalue weighted by Crippen LogP contribution is -2.06. The van der Waals surface area contributed by atoms with Crippen molar-refractivity contribution >= 4 is 6.41 Å². The van der Waals surface area contributed by atoms with Gasteiger partial charge in [0, 0.05) is 20.3 Å². The molecule has 1 saturated heterocycles. The van der Waals surface area contributed by atoms with Crippen LogP contribution >= 0.6 is 0 Å². The third-order valence-corrected chi connectivity index (χ3v) is 2.63. The van der Waals surface area contributed by atoms with Gasteiger partial charge in [-0.3, -0.25) is 4.79 Å². The van der Waals surface area contributed by atoms with Gasteiger partial charge < -0.3 is 20.3 Å². The van der Waals surface area contributed by atoms with Crippen molar-refractivity contribution in [3.8, 4) is 0 Å². The number of amides is 1. The molecule has 1 fully saturated rings. The number of nitrogens with two attached hydrogens (primary N) is 1.